The molecule has 15 heavy (non-hydrogen) atoms. The molecule has 1 aliphatic rings. The van der Waals surface area contributed by atoms with Gasteiger partial charge in [0.2, 0.25) is 5.78 Å². The van der Waals surface area contributed by atoms with E-state index in [0.29, 0.717) is 11.3 Å². The van der Waals surface area contributed by atoms with E-state index in [1.54, 1.807) is 0 Å². The van der Waals surface area contributed by atoms with Crippen LogP contribution in [0.25, 0.3) is 0 Å². The minimum Gasteiger partial charge on any atom is -0.293 e. The zero-order valence-electron chi connectivity index (χ0n) is 7.46. The third kappa shape index (κ3) is 1.68. The van der Waals surface area contributed by atoms with Crippen molar-refractivity contribution in [2.24, 2.45) is 4.99 Å². The fourth-order valence-corrected chi connectivity index (χ4v) is 1.76. The summed E-state index contributed by atoms with van der Waals surface area (Å²) in [5, 5.41) is 0.270. The average Bonchev–Trinajstić information content (AvgIpc) is 2.58. The van der Waals surface area contributed by atoms with Crippen molar-refractivity contribution in [1.29, 1.82) is 0 Å². The molecule has 0 atom stereocenters. The lowest BCUT2D eigenvalue weighted by atomic mass is 10.0. The number of Topliss-reactive ketones (excluding diaryl/α,β-unsaturated/α-hetero) is 2. The minimum absolute atomic E-state index is 0.159. The molecule has 0 amide bonds. The second-order valence-electron chi connectivity index (χ2n) is 3.03. The molecule has 0 aromatic heterocycles. The van der Waals surface area contributed by atoms with Gasteiger partial charge in [-0.05, 0) is 12.1 Å². The smallest absolute Gasteiger partial charge is 0.206 e. The van der Waals surface area contributed by atoms with Crippen LogP contribution in [0, 0.1) is 0 Å². The first-order valence-electron chi connectivity index (χ1n) is 4.14. The van der Waals surface area contributed by atoms with Crippen molar-refractivity contribution in [2.45, 2.75) is 0 Å². The molecule has 1 aromatic rings. The number of carbonyl (C=O) groups is 2. The number of hydrogen-bond acceptors (Lipinski definition) is 3. The highest BCUT2D eigenvalue weighted by atomic mass is 35.5. The van der Waals surface area contributed by atoms with Gasteiger partial charge in [0.05, 0.1) is 28.4 Å². The maximum Gasteiger partial charge on any atom is 0.206 e. The quantitative estimate of drug-likeness (QED) is 0.591. The number of nitrogens with zero attached hydrogens (tertiary/aromatic N) is 1. The Labute approximate surface area is 95.7 Å². The number of benzene rings is 1. The monoisotopic (exact) mass is 241 g/mol. The summed E-state index contributed by atoms with van der Waals surface area (Å²) in [5.41, 5.74) is 1.16. The number of halogens is 2. The van der Waals surface area contributed by atoms with E-state index in [4.69, 9.17) is 23.2 Å². The number of aliphatic imine (C=N–C) groups is 1. The van der Waals surface area contributed by atoms with Gasteiger partial charge < -0.3 is 0 Å². The van der Waals surface area contributed by atoms with Crippen molar-refractivity contribution in [1.82, 2.24) is 0 Å². The third-order valence-corrected chi connectivity index (χ3v) is 2.65. The summed E-state index contributed by atoms with van der Waals surface area (Å²) in [4.78, 5) is 26.5. The summed E-state index contributed by atoms with van der Waals surface area (Å²) >= 11 is 11.3. The first kappa shape index (κ1) is 10.3. The molecule has 76 valence electrons. The zero-order valence-corrected chi connectivity index (χ0v) is 8.97. The van der Waals surface area contributed by atoms with Crippen LogP contribution in [0.2, 0.25) is 5.02 Å². The normalized spacial score (nSPS) is 13.1. The van der Waals surface area contributed by atoms with Crippen molar-refractivity contribution < 1.29 is 9.59 Å². The van der Waals surface area contributed by atoms with Crippen LogP contribution >= 0.6 is 23.2 Å². The molecule has 2 rings (SSSR count). The van der Waals surface area contributed by atoms with Gasteiger partial charge in [-0.2, -0.15) is 0 Å². The first-order valence-corrected chi connectivity index (χ1v) is 5.06. The maximum atomic E-state index is 11.4. The number of hydrogen-bond donors (Lipinski definition) is 0. The predicted octanol–water partition coefficient (Wildman–Crippen LogP) is 2.66. The van der Waals surface area contributed by atoms with Crippen LogP contribution in [0.3, 0.4) is 0 Å². The molecule has 0 saturated carbocycles. The van der Waals surface area contributed by atoms with Crippen LogP contribution in [0.15, 0.2) is 17.1 Å². The molecule has 0 spiro atoms. The summed E-state index contributed by atoms with van der Waals surface area (Å²) in [6.07, 6.45) is 1.20. The van der Waals surface area contributed by atoms with Crippen molar-refractivity contribution in [3.8, 4) is 0 Å². The number of rotatable bonds is 2. The molecular weight excluding hydrogens is 237 g/mol. The second-order valence-corrected chi connectivity index (χ2v) is 3.70. The highest BCUT2D eigenvalue weighted by Gasteiger charge is 2.20. The Hall–Kier alpha value is -1.19. The predicted molar refractivity (Wildman–Crippen MR) is 59.0 cm³/mol. The first-order chi connectivity index (χ1) is 7.13. The van der Waals surface area contributed by atoms with Gasteiger partial charge >= 0.3 is 0 Å². The Kier molecular flexibility index (Phi) is 2.59. The summed E-state index contributed by atoms with van der Waals surface area (Å²) in [6.45, 7) is 0. The molecule has 0 fully saturated rings. The van der Waals surface area contributed by atoms with E-state index in [-0.39, 0.29) is 28.0 Å². The Morgan fingerprint density at radius 3 is 2.80 bits per heavy atom. The molecule has 0 N–H and O–H groups in total. The van der Waals surface area contributed by atoms with Crippen molar-refractivity contribution in [3.05, 3.63) is 28.3 Å². The van der Waals surface area contributed by atoms with Gasteiger partial charge in [0.25, 0.3) is 0 Å². The van der Waals surface area contributed by atoms with Crippen molar-refractivity contribution in [2.75, 3.05) is 5.88 Å². The largest absolute Gasteiger partial charge is 0.293 e. The lowest BCUT2D eigenvalue weighted by molar-refractivity contribution is 0.102. The SMILES string of the molecule is O=C(CCl)c1cc2c(cc1Cl)N=CC2=O. The Bertz CT molecular complexity index is 494. The molecule has 1 heterocycles. The topological polar surface area (TPSA) is 46.5 Å². The fourth-order valence-electron chi connectivity index (χ4n) is 1.35. The fraction of sp³-hybridized carbons (Fsp3) is 0.100. The van der Waals surface area contributed by atoms with Gasteiger partial charge in [0.15, 0.2) is 5.78 Å². The number of carbonyl (C=O) groups excluding carboxylic acids is 2. The van der Waals surface area contributed by atoms with Gasteiger partial charge in [-0.3, -0.25) is 14.6 Å². The van der Waals surface area contributed by atoms with Crippen molar-refractivity contribution in [3.63, 3.8) is 0 Å². The minimum atomic E-state index is -0.302. The van der Waals surface area contributed by atoms with E-state index in [0.717, 1.165) is 0 Å². The molecule has 3 nitrogen and oxygen atoms in total. The molecule has 1 aliphatic heterocycles. The summed E-state index contributed by atoms with van der Waals surface area (Å²) in [7, 11) is 0. The van der Waals surface area contributed by atoms with Crippen LogP contribution in [-0.4, -0.2) is 23.7 Å². The van der Waals surface area contributed by atoms with Crippen LogP contribution in [0.5, 0.6) is 0 Å². The Morgan fingerprint density at radius 2 is 2.13 bits per heavy atom. The van der Waals surface area contributed by atoms with E-state index < -0.39 is 0 Å². The molecule has 1 aromatic carbocycles. The second kappa shape index (κ2) is 3.76. The number of fused-ring (bicyclic) bond motifs is 1. The Balaban J connectivity index is 2.58. The van der Waals surface area contributed by atoms with E-state index >= 15 is 0 Å². The van der Waals surface area contributed by atoms with Crippen LogP contribution in [0.1, 0.15) is 20.7 Å². The molecule has 0 bridgehead atoms. The summed E-state index contributed by atoms with van der Waals surface area (Å²) < 4.78 is 0. The maximum absolute atomic E-state index is 11.4. The molecule has 0 unspecified atom stereocenters. The van der Waals surface area contributed by atoms with Crippen LogP contribution < -0.4 is 0 Å². The molecule has 0 radical (unpaired) electrons. The highest BCUT2D eigenvalue weighted by molar-refractivity contribution is 6.42. The standard InChI is InChI=1S/C10H5Cl2NO2/c11-3-9(14)5-1-6-8(2-7(5)12)13-4-10(6)15/h1-2,4H,3H2. The highest BCUT2D eigenvalue weighted by Crippen LogP contribution is 2.30. The molecular formula is C10H5Cl2NO2. The number of alkyl halides is 1. The molecule has 0 aliphatic carbocycles. The van der Waals surface area contributed by atoms with Gasteiger partial charge in [0.1, 0.15) is 0 Å². The zero-order chi connectivity index (χ0) is 11.0. The van der Waals surface area contributed by atoms with E-state index in [2.05, 4.69) is 4.99 Å². The van der Waals surface area contributed by atoms with Gasteiger partial charge in [-0.15, -0.1) is 11.6 Å². The van der Waals surface area contributed by atoms with Crippen LogP contribution in [0.4, 0.5) is 5.69 Å². The molecule has 5 heteroatoms. The third-order valence-electron chi connectivity index (χ3n) is 2.09. The van der Waals surface area contributed by atoms with Gasteiger partial charge in [0, 0.05) is 5.56 Å². The van der Waals surface area contributed by atoms with E-state index in [1.165, 1.54) is 18.3 Å². The molecule has 0 saturated heterocycles. The van der Waals surface area contributed by atoms with Gasteiger partial charge in [-0.25, -0.2) is 0 Å². The average molecular weight is 242 g/mol. The number of ketones is 2. The van der Waals surface area contributed by atoms with E-state index in [1.807, 2.05) is 0 Å². The summed E-state index contributed by atoms with van der Waals surface area (Å²) in [6, 6.07) is 2.94. The Morgan fingerprint density at radius 1 is 1.40 bits per heavy atom. The van der Waals surface area contributed by atoms with Crippen molar-refractivity contribution >= 4 is 46.7 Å². The lowest BCUT2D eigenvalue weighted by Gasteiger charge is -2.03. The van der Waals surface area contributed by atoms with Gasteiger partial charge in [-0.1, -0.05) is 11.6 Å². The van der Waals surface area contributed by atoms with Crippen LogP contribution in [-0.2, 0) is 0 Å². The lowest BCUT2D eigenvalue weighted by Crippen LogP contribution is -2.04. The summed E-state index contributed by atoms with van der Waals surface area (Å²) in [5.74, 6) is -0.678. The van der Waals surface area contributed by atoms with E-state index in [9.17, 15) is 9.59 Å².